The van der Waals surface area contributed by atoms with Gasteiger partial charge in [0, 0.05) is 48.6 Å². The van der Waals surface area contributed by atoms with Gasteiger partial charge in [0.1, 0.15) is 0 Å². The number of nitrogens with one attached hydrogen (secondary N) is 1. The minimum Gasteiger partial charge on any atom is -0.334 e. The Morgan fingerprint density at radius 1 is 1.13 bits per heavy atom. The van der Waals surface area contributed by atoms with E-state index in [1.165, 1.54) is 5.56 Å². The Hall–Kier alpha value is -3.25. The van der Waals surface area contributed by atoms with Crippen LogP contribution < -0.4 is 5.32 Å². The molecule has 0 aliphatic carbocycles. The van der Waals surface area contributed by atoms with Crippen molar-refractivity contribution in [2.75, 3.05) is 25.5 Å². The van der Waals surface area contributed by atoms with Gasteiger partial charge in [-0.15, -0.1) is 0 Å². The van der Waals surface area contributed by atoms with E-state index in [1.807, 2.05) is 24.5 Å². The van der Waals surface area contributed by atoms with E-state index in [0.29, 0.717) is 29.7 Å². The Kier molecular flexibility index (Phi) is 6.28. The van der Waals surface area contributed by atoms with Gasteiger partial charge in [-0.25, -0.2) is 0 Å². The van der Waals surface area contributed by atoms with Crippen molar-refractivity contribution < 1.29 is 9.59 Å². The number of amides is 2. The molecule has 1 aliphatic heterocycles. The number of halogens is 1. The fourth-order valence-corrected chi connectivity index (χ4v) is 4.15. The van der Waals surface area contributed by atoms with E-state index >= 15 is 0 Å². The maximum absolute atomic E-state index is 12.6. The zero-order chi connectivity index (χ0) is 21.8. The second-order valence-electron chi connectivity index (χ2n) is 7.59. The van der Waals surface area contributed by atoms with Gasteiger partial charge in [0.2, 0.25) is 0 Å². The number of hydrogen-bond acceptors (Lipinski definition) is 4. The molecule has 158 valence electrons. The Labute approximate surface area is 185 Å². The summed E-state index contributed by atoms with van der Waals surface area (Å²) in [5.74, 6) is -0.823. The molecule has 0 spiro atoms. The fourth-order valence-electron chi connectivity index (χ4n) is 4.03. The lowest BCUT2D eigenvalue weighted by Gasteiger charge is -2.32. The summed E-state index contributed by atoms with van der Waals surface area (Å²) in [5, 5.41) is 4.33. The Bertz CT molecular complexity index is 1140. The van der Waals surface area contributed by atoms with Crippen LogP contribution in [0.3, 0.4) is 0 Å². The van der Waals surface area contributed by atoms with Crippen LogP contribution in [0.25, 0.3) is 10.9 Å². The molecule has 1 aromatic heterocycles. The van der Waals surface area contributed by atoms with Crippen LogP contribution in [0, 0.1) is 0 Å². The van der Waals surface area contributed by atoms with Crippen molar-refractivity contribution in [3.05, 3.63) is 70.9 Å². The summed E-state index contributed by atoms with van der Waals surface area (Å²) in [4.78, 5) is 35.2. The first-order valence-electron chi connectivity index (χ1n) is 10.2. The first kappa shape index (κ1) is 21.0. The largest absolute Gasteiger partial charge is 0.334 e. The van der Waals surface area contributed by atoms with E-state index in [4.69, 9.17) is 11.6 Å². The quantitative estimate of drug-likeness (QED) is 0.493. The van der Waals surface area contributed by atoms with Gasteiger partial charge >= 0.3 is 11.8 Å². The average Bonchev–Trinajstić information content (AvgIpc) is 2.80. The maximum Gasteiger partial charge on any atom is 0.313 e. The summed E-state index contributed by atoms with van der Waals surface area (Å²) in [7, 11) is 1.75. The normalized spacial score (nSPS) is 14.8. The first-order valence-corrected chi connectivity index (χ1v) is 10.6. The molecule has 1 N–H and O–H groups in total. The van der Waals surface area contributed by atoms with Crippen LogP contribution in [-0.4, -0.2) is 48.1 Å². The lowest BCUT2D eigenvalue weighted by molar-refractivity contribution is -0.143. The molecule has 4 rings (SSSR count). The molecule has 2 heterocycles. The predicted octanol–water partition coefficient (Wildman–Crippen LogP) is 4.28. The average molecular weight is 435 g/mol. The highest BCUT2D eigenvalue weighted by Crippen LogP contribution is 2.33. The number of hydrogen-bond donors (Lipinski definition) is 1. The number of fused-ring (bicyclic) bond motifs is 1. The zero-order valence-electron chi connectivity index (χ0n) is 17.2. The summed E-state index contributed by atoms with van der Waals surface area (Å²) in [6, 6.07) is 14.9. The number of likely N-dealkylation sites (tertiary alicyclic amines) is 1. The molecule has 1 fully saturated rings. The highest BCUT2D eigenvalue weighted by atomic mass is 35.5. The van der Waals surface area contributed by atoms with Crippen LogP contribution in [0.15, 0.2) is 59.7 Å². The summed E-state index contributed by atoms with van der Waals surface area (Å²) in [6.07, 6.45) is 5.26. The van der Waals surface area contributed by atoms with Crippen molar-refractivity contribution in [3.63, 3.8) is 0 Å². The summed E-state index contributed by atoms with van der Waals surface area (Å²) in [5.41, 5.74) is 3.77. The van der Waals surface area contributed by atoms with E-state index in [1.54, 1.807) is 36.2 Å². The van der Waals surface area contributed by atoms with E-state index in [9.17, 15) is 9.59 Å². The van der Waals surface area contributed by atoms with Gasteiger partial charge in [-0.05, 0) is 72.4 Å². The van der Waals surface area contributed by atoms with Crippen LogP contribution in [0.1, 0.15) is 29.9 Å². The first-order chi connectivity index (χ1) is 15.0. The highest BCUT2D eigenvalue weighted by molar-refractivity contribution is 6.39. The summed E-state index contributed by atoms with van der Waals surface area (Å²) in [6.45, 7) is 1.08. The van der Waals surface area contributed by atoms with Crippen molar-refractivity contribution in [2.45, 2.75) is 18.8 Å². The molecule has 0 bridgehead atoms. The standard InChI is InChI=1S/C24H23ClN4O2/c1-26-15-16-2-7-22-21(14-16)20(8-11-27-22)17-9-12-29(13-10-17)24(31)23(30)28-19-5-3-18(25)4-6-19/h2-8,11,14-15,17H,9-10,12-13H2,1H3,(H,28,30). The van der Waals surface area contributed by atoms with Gasteiger partial charge in [-0.3, -0.25) is 19.6 Å². The summed E-state index contributed by atoms with van der Waals surface area (Å²) < 4.78 is 0. The predicted molar refractivity (Wildman–Crippen MR) is 124 cm³/mol. The monoisotopic (exact) mass is 434 g/mol. The minimum atomic E-state index is -0.626. The number of pyridine rings is 1. The van der Waals surface area contributed by atoms with Gasteiger partial charge < -0.3 is 10.2 Å². The third-order valence-corrected chi connectivity index (χ3v) is 5.85. The van der Waals surface area contributed by atoms with E-state index in [0.717, 1.165) is 29.3 Å². The molecule has 0 saturated carbocycles. The molecule has 7 heteroatoms. The number of aromatic nitrogens is 1. The second-order valence-corrected chi connectivity index (χ2v) is 8.03. The van der Waals surface area contributed by atoms with Crippen LogP contribution in [0.5, 0.6) is 0 Å². The number of rotatable bonds is 3. The third kappa shape index (κ3) is 4.75. The smallest absolute Gasteiger partial charge is 0.313 e. The molecule has 2 amide bonds. The molecule has 0 radical (unpaired) electrons. The van der Waals surface area contributed by atoms with Gasteiger partial charge in [-0.2, -0.15) is 0 Å². The maximum atomic E-state index is 12.6. The van der Waals surface area contributed by atoms with Crippen molar-refractivity contribution >= 4 is 46.2 Å². The molecule has 3 aromatic rings. The number of piperidine rings is 1. The van der Waals surface area contributed by atoms with Gasteiger partial charge in [0.25, 0.3) is 0 Å². The van der Waals surface area contributed by atoms with E-state index in [2.05, 4.69) is 27.4 Å². The minimum absolute atomic E-state index is 0.308. The number of benzene rings is 2. The van der Waals surface area contributed by atoms with Crippen LogP contribution in [0.4, 0.5) is 5.69 Å². The Morgan fingerprint density at radius 2 is 1.87 bits per heavy atom. The van der Waals surface area contributed by atoms with Crippen molar-refractivity contribution in [3.8, 4) is 0 Å². The molecule has 2 aromatic carbocycles. The highest BCUT2D eigenvalue weighted by Gasteiger charge is 2.28. The van der Waals surface area contributed by atoms with Crippen LogP contribution in [0.2, 0.25) is 5.02 Å². The van der Waals surface area contributed by atoms with Crippen molar-refractivity contribution in [1.82, 2.24) is 9.88 Å². The van der Waals surface area contributed by atoms with Crippen LogP contribution in [-0.2, 0) is 9.59 Å². The Balaban J connectivity index is 1.43. The molecule has 0 atom stereocenters. The van der Waals surface area contributed by atoms with Crippen molar-refractivity contribution in [1.29, 1.82) is 0 Å². The van der Waals surface area contributed by atoms with Gasteiger partial charge in [0.15, 0.2) is 0 Å². The zero-order valence-corrected chi connectivity index (χ0v) is 18.0. The molecule has 0 unspecified atom stereocenters. The number of carbonyl (C=O) groups is 2. The summed E-state index contributed by atoms with van der Waals surface area (Å²) >= 11 is 5.86. The topological polar surface area (TPSA) is 74.7 Å². The van der Waals surface area contributed by atoms with Gasteiger partial charge in [0.05, 0.1) is 5.52 Å². The molecule has 1 aliphatic rings. The SMILES string of the molecule is CN=Cc1ccc2nccc(C3CCN(C(=O)C(=O)Nc4ccc(Cl)cc4)CC3)c2c1. The molecule has 6 nitrogen and oxygen atoms in total. The van der Waals surface area contributed by atoms with Gasteiger partial charge in [-0.1, -0.05) is 17.7 Å². The van der Waals surface area contributed by atoms with Crippen LogP contribution >= 0.6 is 11.6 Å². The molecule has 31 heavy (non-hydrogen) atoms. The fraction of sp³-hybridized carbons (Fsp3) is 0.250. The lowest BCUT2D eigenvalue weighted by Crippen LogP contribution is -2.43. The third-order valence-electron chi connectivity index (χ3n) is 5.60. The van der Waals surface area contributed by atoms with E-state index in [-0.39, 0.29) is 0 Å². The number of nitrogens with zero attached hydrogens (tertiary/aromatic N) is 3. The molecule has 1 saturated heterocycles. The molecular weight excluding hydrogens is 412 g/mol. The van der Waals surface area contributed by atoms with E-state index < -0.39 is 11.8 Å². The Morgan fingerprint density at radius 3 is 2.58 bits per heavy atom. The molecular formula is C24H23ClN4O2. The lowest BCUT2D eigenvalue weighted by atomic mass is 9.87. The second kappa shape index (κ2) is 9.27. The number of anilines is 1. The number of carbonyl (C=O) groups excluding carboxylic acids is 2. The number of aliphatic imine (C=N–C) groups is 1. The van der Waals surface area contributed by atoms with Crippen molar-refractivity contribution in [2.24, 2.45) is 4.99 Å².